The third-order valence-corrected chi connectivity index (χ3v) is 4.91. The van der Waals surface area contributed by atoms with Gasteiger partial charge in [0.05, 0.1) is 0 Å². The zero-order valence-electron chi connectivity index (χ0n) is 25.3. The molecule has 0 fully saturated rings. The lowest BCUT2D eigenvalue weighted by Gasteiger charge is -2.08. The van der Waals surface area contributed by atoms with Crippen LogP contribution in [0.4, 0.5) is 0 Å². The first-order chi connectivity index (χ1) is 18.7. The van der Waals surface area contributed by atoms with Gasteiger partial charge >= 0.3 is 0 Å². The van der Waals surface area contributed by atoms with Crippen molar-refractivity contribution in [2.24, 2.45) is 0 Å². The molecular weight excluding hydrogens is 454 g/mol. The van der Waals surface area contributed by atoms with E-state index in [9.17, 15) is 0 Å². The van der Waals surface area contributed by atoms with Gasteiger partial charge in [0.2, 0.25) is 0 Å². The molecule has 3 aromatic rings. The van der Waals surface area contributed by atoms with Gasteiger partial charge in [-0.3, -0.25) is 0 Å². The summed E-state index contributed by atoms with van der Waals surface area (Å²) in [6.45, 7) is 16.5. The van der Waals surface area contributed by atoms with Gasteiger partial charge in [0, 0.05) is 23.1 Å². The van der Waals surface area contributed by atoms with Gasteiger partial charge in [-0.1, -0.05) is 164 Å². The Balaban J connectivity index is 0.000000551. The summed E-state index contributed by atoms with van der Waals surface area (Å²) < 4.78 is 0. The molecule has 0 bridgehead atoms. The molecule has 2 heterocycles. The fourth-order valence-electron chi connectivity index (χ4n) is 3.36. The van der Waals surface area contributed by atoms with Gasteiger partial charge in [0.1, 0.15) is 0 Å². The Hall–Kier alpha value is -3.09. The van der Waals surface area contributed by atoms with E-state index in [4.69, 9.17) is 0 Å². The molecule has 0 N–H and O–H groups in total. The van der Waals surface area contributed by atoms with Gasteiger partial charge in [0.15, 0.2) is 14.6 Å². The quantitative estimate of drug-likeness (QED) is 0.214. The van der Waals surface area contributed by atoms with Crippen molar-refractivity contribution in [2.75, 3.05) is 0 Å². The maximum atomic E-state index is 3.25. The zero-order chi connectivity index (χ0) is 28.4. The molecule has 0 saturated carbocycles. The highest BCUT2D eigenvalue weighted by molar-refractivity contribution is 6.54. The van der Waals surface area contributed by atoms with Crippen LogP contribution in [-0.2, 0) is 6.32 Å². The van der Waals surface area contributed by atoms with Crippen LogP contribution in [0, 0.1) is 23.7 Å². The van der Waals surface area contributed by atoms with Gasteiger partial charge in [-0.25, -0.2) is 0 Å². The van der Waals surface area contributed by atoms with Crippen molar-refractivity contribution in [1.29, 1.82) is 0 Å². The third-order valence-electron chi connectivity index (χ3n) is 4.91. The molecule has 0 amide bonds. The second-order valence-electron chi connectivity index (χ2n) is 8.30. The average Bonchev–Trinajstić information content (AvgIpc) is 2.94. The van der Waals surface area contributed by atoms with Crippen molar-refractivity contribution in [1.82, 2.24) is 0 Å². The number of hydrogen-bond acceptors (Lipinski definition) is 0. The zero-order valence-corrected chi connectivity index (χ0v) is 25.3. The van der Waals surface area contributed by atoms with Crippen molar-refractivity contribution < 1.29 is 0 Å². The lowest BCUT2D eigenvalue weighted by atomic mass is 9.62. The number of benzene rings is 3. The summed E-state index contributed by atoms with van der Waals surface area (Å²) in [6.07, 6.45) is 6.85. The Kier molecular flexibility index (Phi) is 22.3. The average molecular weight is 502 g/mol. The first-order valence-corrected chi connectivity index (χ1v) is 14.7. The lowest BCUT2D eigenvalue weighted by molar-refractivity contribution is 0.974. The maximum Gasteiger partial charge on any atom is 0.158 e. The van der Waals surface area contributed by atoms with Crippen molar-refractivity contribution in [2.45, 2.75) is 93.7 Å². The topological polar surface area (TPSA) is 0 Å². The first kappa shape index (κ1) is 34.9. The minimum absolute atomic E-state index is 0.960. The highest BCUT2D eigenvalue weighted by atomic mass is 14.0. The van der Waals surface area contributed by atoms with Gasteiger partial charge in [-0.15, -0.1) is 0 Å². The summed E-state index contributed by atoms with van der Waals surface area (Å²) in [7, 11) is 4.53. The normalized spacial score (nSPS) is 10.8. The van der Waals surface area contributed by atoms with Gasteiger partial charge in [-0.2, -0.15) is 0 Å². The largest absolute Gasteiger partial charge is 0.158 e. The minimum Gasteiger partial charge on any atom is -0.0979 e. The summed E-state index contributed by atoms with van der Waals surface area (Å²) in [4.78, 5) is 0. The van der Waals surface area contributed by atoms with E-state index in [1.165, 1.54) is 41.3 Å². The van der Waals surface area contributed by atoms with Crippen LogP contribution in [0.3, 0.4) is 0 Å². The molecule has 198 valence electrons. The molecule has 0 unspecified atom stereocenters. The number of rotatable bonds is 0. The molecule has 5 rings (SSSR count). The number of fused-ring (bicyclic) bond motifs is 3. The second kappa shape index (κ2) is 24.3. The maximum absolute atomic E-state index is 3.25. The molecule has 0 atom stereocenters. The predicted molar refractivity (Wildman–Crippen MR) is 175 cm³/mol. The predicted octanol–water partition coefficient (Wildman–Crippen LogP) is 8.39. The fourth-order valence-corrected chi connectivity index (χ4v) is 3.36. The van der Waals surface area contributed by atoms with Crippen molar-refractivity contribution in [3.05, 3.63) is 95.1 Å². The molecule has 0 saturated heterocycles. The van der Waals surface area contributed by atoms with Crippen LogP contribution in [0.1, 0.15) is 103 Å². The van der Waals surface area contributed by atoms with E-state index in [2.05, 4.69) is 121 Å². The summed E-state index contributed by atoms with van der Waals surface area (Å²) in [5.41, 5.74) is 7.29. The SMILES string of the molecule is CC.CC.CCC.CCC.[B]1CCCC#Cc2ccccc21.[B]1Cc2ccccc2C#Cc2ccccc21. The number of hydrogen-bond donors (Lipinski definition) is 0. The van der Waals surface area contributed by atoms with Crippen molar-refractivity contribution >= 4 is 25.5 Å². The Morgan fingerprint density at radius 3 is 1.63 bits per heavy atom. The van der Waals surface area contributed by atoms with Crippen LogP contribution in [0.2, 0.25) is 6.32 Å². The molecule has 3 aromatic carbocycles. The van der Waals surface area contributed by atoms with E-state index in [0.717, 1.165) is 30.2 Å². The Morgan fingerprint density at radius 2 is 1.03 bits per heavy atom. The van der Waals surface area contributed by atoms with Crippen LogP contribution in [0.5, 0.6) is 0 Å². The molecular formula is C36H48B2. The van der Waals surface area contributed by atoms with E-state index < -0.39 is 0 Å². The Bertz CT molecular complexity index is 1070. The third kappa shape index (κ3) is 14.0. The van der Waals surface area contributed by atoms with Crippen LogP contribution in [0.15, 0.2) is 72.8 Å². The molecule has 0 aromatic heterocycles. The van der Waals surface area contributed by atoms with Crippen LogP contribution >= 0.6 is 0 Å². The van der Waals surface area contributed by atoms with Crippen molar-refractivity contribution in [3.8, 4) is 23.7 Å². The standard InChI is InChI=1S/C15H10B.C11H10B.2C3H8.2C2H6/c1-2-7-14-11-16-15-8-4-3-6-13(15)10-9-12(14)5-1;1-2-6-10-7-3-4-8-11(10)12-9-5-1;2*1-3-2;2*1-2/h1-8H,11H2;3-4,7-8H,1,5,9H2;2*3H2,1-2H3;2*1-2H3. The lowest BCUT2D eigenvalue weighted by Crippen LogP contribution is -2.21. The molecule has 0 aliphatic carbocycles. The Labute approximate surface area is 237 Å². The molecule has 38 heavy (non-hydrogen) atoms. The summed E-state index contributed by atoms with van der Waals surface area (Å²) in [5.74, 6) is 12.8. The van der Waals surface area contributed by atoms with E-state index in [-0.39, 0.29) is 0 Å². The van der Waals surface area contributed by atoms with Gasteiger partial charge in [0.25, 0.3) is 0 Å². The highest BCUT2D eigenvalue weighted by Gasteiger charge is 2.07. The van der Waals surface area contributed by atoms with E-state index >= 15 is 0 Å². The van der Waals surface area contributed by atoms with Crippen LogP contribution in [0.25, 0.3) is 0 Å². The Morgan fingerprint density at radius 1 is 0.579 bits per heavy atom. The van der Waals surface area contributed by atoms with E-state index in [1.807, 2.05) is 45.9 Å². The van der Waals surface area contributed by atoms with Gasteiger partial charge in [-0.05, 0) is 36.5 Å². The second-order valence-corrected chi connectivity index (χ2v) is 8.30. The van der Waals surface area contributed by atoms with E-state index in [1.54, 1.807) is 0 Å². The van der Waals surface area contributed by atoms with E-state index in [0.29, 0.717) is 0 Å². The molecule has 2 aliphatic heterocycles. The molecule has 2 heteroatoms. The fraction of sp³-hybridized carbons (Fsp3) is 0.389. The molecule has 0 spiro atoms. The summed E-state index contributed by atoms with van der Waals surface area (Å²) >= 11 is 0. The molecule has 0 nitrogen and oxygen atoms in total. The molecule has 2 aliphatic rings. The van der Waals surface area contributed by atoms with Gasteiger partial charge < -0.3 is 0 Å². The monoisotopic (exact) mass is 502 g/mol. The van der Waals surface area contributed by atoms with Crippen molar-refractivity contribution in [3.63, 3.8) is 0 Å². The first-order valence-electron chi connectivity index (χ1n) is 14.7. The smallest absolute Gasteiger partial charge is 0.0979 e. The minimum atomic E-state index is 0.960. The summed E-state index contributed by atoms with van der Waals surface area (Å²) in [5, 5.41) is 0. The highest BCUT2D eigenvalue weighted by Crippen LogP contribution is 2.10. The molecule has 2 radical (unpaired) electrons. The summed E-state index contributed by atoms with van der Waals surface area (Å²) in [6, 6.07) is 25.0. The van der Waals surface area contributed by atoms with Crippen LogP contribution < -0.4 is 10.9 Å². The van der Waals surface area contributed by atoms with Crippen LogP contribution in [-0.4, -0.2) is 14.6 Å².